The Morgan fingerprint density at radius 3 is 2.57 bits per heavy atom. The topological polar surface area (TPSA) is 12.0 Å². The Hall–Kier alpha value is -0.0400. The van der Waals surface area contributed by atoms with Gasteiger partial charge in [-0.1, -0.05) is 20.8 Å². The summed E-state index contributed by atoms with van der Waals surface area (Å²) in [5.41, 5.74) is 0.829. The molecule has 0 heterocycles. The van der Waals surface area contributed by atoms with Gasteiger partial charge < -0.3 is 5.32 Å². The molecule has 0 aliphatic heterocycles. The summed E-state index contributed by atoms with van der Waals surface area (Å²) < 4.78 is 0. The quantitative estimate of drug-likeness (QED) is 0.665. The Morgan fingerprint density at radius 2 is 2.00 bits per heavy atom. The van der Waals surface area contributed by atoms with E-state index in [1.807, 2.05) is 0 Å². The van der Waals surface area contributed by atoms with Crippen molar-refractivity contribution in [3.8, 4) is 0 Å². The highest BCUT2D eigenvalue weighted by Crippen LogP contribution is 2.68. The van der Waals surface area contributed by atoms with E-state index < -0.39 is 0 Å². The summed E-state index contributed by atoms with van der Waals surface area (Å²) in [5, 5.41) is 3.56. The van der Waals surface area contributed by atoms with E-state index >= 15 is 0 Å². The number of hydrogen-bond acceptors (Lipinski definition) is 1. The molecule has 0 aromatic rings. The van der Waals surface area contributed by atoms with Gasteiger partial charge in [0.2, 0.25) is 0 Å². The van der Waals surface area contributed by atoms with Crippen molar-refractivity contribution in [1.82, 2.24) is 5.32 Å². The van der Waals surface area contributed by atoms with E-state index in [0.29, 0.717) is 0 Å². The minimum absolute atomic E-state index is 0.829. The molecule has 2 rings (SSSR count). The average Bonchev–Trinajstić information content (AvgIpc) is 2.76. The molecule has 0 radical (unpaired) electrons. The second kappa shape index (κ2) is 3.84. The standard InChI is InChI=1S/C13H25N/c1-4-5-14-9-12-8-13(12)6-11(7-13)10(2)3/h10-12,14H,4-9H2,1-3H3. The van der Waals surface area contributed by atoms with E-state index in [0.717, 1.165) is 23.2 Å². The van der Waals surface area contributed by atoms with Crippen LogP contribution in [-0.2, 0) is 0 Å². The first-order chi connectivity index (χ1) is 6.68. The molecule has 82 valence electrons. The van der Waals surface area contributed by atoms with E-state index in [4.69, 9.17) is 0 Å². The lowest BCUT2D eigenvalue weighted by Crippen LogP contribution is -2.32. The van der Waals surface area contributed by atoms with Gasteiger partial charge in [-0.25, -0.2) is 0 Å². The molecule has 2 fully saturated rings. The van der Waals surface area contributed by atoms with Gasteiger partial charge in [0.25, 0.3) is 0 Å². The highest BCUT2D eigenvalue weighted by atomic mass is 14.9. The summed E-state index contributed by atoms with van der Waals surface area (Å²) >= 11 is 0. The smallest absolute Gasteiger partial charge is 0.00150 e. The molecule has 14 heavy (non-hydrogen) atoms. The summed E-state index contributed by atoms with van der Waals surface area (Å²) in [5.74, 6) is 3.00. The maximum atomic E-state index is 3.56. The van der Waals surface area contributed by atoms with Crippen LogP contribution in [-0.4, -0.2) is 13.1 Å². The molecular weight excluding hydrogens is 170 g/mol. The Bertz CT molecular complexity index is 191. The summed E-state index contributed by atoms with van der Waals surface area (Å²) in [4.78, 5) is 0. The van der Waals surface area contributed by atoms with Crippen molar-refractivity contribution in [1.29, 1.82) is 0 Å². The fourth-order valence-electron chi connectivity index (χ4n) is 3.13. The first-order valence-corrected chi connectivity index (χ1v) is 6.38. The van der Waals surface area contributed by atoms with Gasteiger partial charge in [0.1, 0.15) is 0 Å². The van der Waals surface area contributed by atoms with Crippen LogP contribution in [0.15, 0.2) is 0 Å². The van der Waals surface area contributed by atoms with Crippen LogP contribution in [0.5, 0.6) is 0 Å². The monoisotopic (exact) mass is 195 g/mol. The second-order valence-corrected chi connectivity index (χ2v) is 5.88. The normalized spacial score (nSPS) is 40.3. The van der Waals surface area contributed by atoms with Crippen molar-refractivity contribution in [2.24, 2.45) is 23.2 Å². The molecule has 1 unspecified atom stereocenters. The van der Waals surface area contributed by atoms with Crippen molar-refractivity contribution in [2.75, 3.05) is 13.1 Å². The molecule has 1 N–H and O–H groups in total. The number of nitrogens with one attached hydrogen (secondary N) is 1. The Morgan fingerprint density at radius 1 is 1.29 bits per heavy atom. The third-order valence-electron chi connectivity index (χ3n) is 4.46. The highest BCUT2D eigenvalue weighted by molar-refractivity contribution is 5.11. The van der Waals surface area contributed by atoms with E-state index in [2.05, 4.69) is 26.1 Å². The molecule has 0 amide bonds. The molecule has 0 aromatic heterocycles. The molecule has 1 atom stereocenters. The molecule has 1 nitrogen and oxygen atoms in total. The van der Waals surface area contributed by atoms with Crippen LogP contribution >= 0.6 is 0 Å². The largest absolute Gasteiger partial charge is 0.316 e. The van der Waals surface area contributed by atoms with Gasteiger partial charge in [-0.3, -0.25) is 0 Å². The third-order valence-corrected chi connectivity index (χ3v) is 4.46. The van der Waals surface area contributed by atoms with Gasteiger partial charge in [-0.2, -0.15) is 0 Å². The van der Waals surface area contributed by atoms with E-state index in [9.17, 15) is 0 Å². The summed E-state index contributed by atoms with van der Waals surface area (Å²) in [6, 6.07) is 0. The average molecular weight is 195 g/mol. The van der Waals surface area contributed by atoms with Crippen LogP contribution in [0, 0.1) is 23.2 Å². The third kappa shape index (κ3) is 1.84. The summed E-state index contributed by atoms with van der Waals surface area (Å²) in [6.07, 6.45) is 5.85. The second-order valence-electron chi connectivity index (χ2n) is 5.88. The lowest BCUT2D eigenvalue weighted by atomic mass is 9.66. The van der Waals surface area contributed by atoms with Gasteiger partial charge in [0, 0.05) is 0 Å². The zero-order chi connectivity index (χ0) is 10.2. The van der Waals surface area contributed by atoms with Crippen molar-refractivity contribution in [2.45, 2.75) is 46.5 Å². The lowest BCUT2D eigenvalue weighted by molar-refractivity contribution is 0.105. The predicted octanol–water partition coefficient (Wildman–Crippen LogP) is 3.06. The van der Waals surface area contributed by atoms with Crippen molar-refractivity contribution < 1.29 is 0 Å². The fourth-order valence-corrected chi connectivity index (χ4v) is 3.13. The molecule has 0 saturated heterocycles. The Kier molecular flexibility index (Phi) is 2.88. The van der Waals surface area contributed by atoms with E-state index in [1.165, 1.54) is 38.8 Å². The molecule has 0 bridgehead atoms. The lowest BCUT2D eigenvalue weighted by Gasteiger charge is -2.40. The zero-order valence-corrected chi connectivity index (χ0v) is 9.97. The maximum Gasteiger partial charge on any atom is -0.00150 e. The SMILES string of the molecule is CCCNCC1CC12CC(C(C)C)C2. The van der Waals surface area contributed by atoms with Crippen molar-refractivity contribution >= 4 is 0 Å². The molecule has 0 aromatic carbocycles. The molecule has 2 aliphatic carbocycles. The van der Waals surface area contributed by atoms with Gasteiger partial charge in [-0.15, -0.1) is 0 Å². The minimum atomic E-state index is 0.829. The highest BCUT2D eigenvalue weighted by Gasteiger charge is 2.60. The minimum Gasteiger partial charge on any atom is -0.316 e. The first kappa shape index (κ1) is 10.5. The van der Waals surface area contributed by atoms with Crippen LogP contribution in [0.1, 0.15) is 46.5 Å². The zero-order valence-electron chi connectivity index (χ0n) is 9.97. The molecule has 2 saturated carbocycles. The number of hydrogen-bond donors (Lipinski definition) is 1. The van der Waals surface area contributed by atoms with Crippen molar-refractivity contribution in [3.05, 3.63) is 0 Å². The van der Waals surface area contributed by atoms with Gasteiger partial charge >= 0.3 is 0 Å². The van der Waals surface area contributed by atoms with Crippen molar-refractivity contribution in [3.63, 3.8) is 0 Å². The molecule has 1 heteroatoms. The van der Waals surface area contributed by atoms with Gasteiger partial charge in [-0.05, 0) is 61.9 Å². The van der Waals surface area contributed by atoms with Crippen LogP contribution in [0.4, 0.5) is 0 Å². The molecule has 2 aliphatic rings. The molecular formula is C13H25N. The van der Waals surface area contributed by atoms with Gasteiger partial charge in [0.15, 0.2) is 0 Å². The van der Waals surface area contributed by atoms with Crippen LogP contribution < -0.4 is 5.32 Å². The van der Waals surface area contributed by atoms with Crippen LogP contribution in [0.3, 0.4) is 0 Å². The fraction of sp³-hybridized carbons (Fsp3) is 1.00. The number of rotatable bonds is 5. The molecule has 1 spiro atoms. The van der Waals surface area contributed by atoms with Crippen LogP contribution in [0.25, 0.3) is 0 Å². The van der Waals surface area contributed by atoms with Crippen LogP contribution in [0.2, 0.25) is 0 Å². The van der Waals surface area contributed by atoms with E-state index in [-0.39, 0.29) is 0 Å². The predicted molar refractivity (Wildman–Crippen MR) is 61.3 cm³/mol. The summed E-state index contributed by atoms with van der Waals surface area (Å²) in [6.45, 7) is 9.50. The maximum absolute atomic E-state index is 3.56. The first-order valence-electron chi connectivity index (χ1n) is 6.38. The Balaban J connectivity index is 1.63. The van der Waals surface area contributed by atoms with E-state index in [1.54, 1.807) is 0 Å². The summed E-state index contributed by atoms with van der Waals surface area (Å²) in [7, 11) is 0. The van der Waals surface area contributed by atoms with Gasteiger partial charge in [0.05, 0.1) is 0 Å². The Labute approximate surface area is 88.7 Å².